The molecule has 0 aromatic heterocycles. The minimum atomic E-state index is -3.56. The lowest BCUT2D eigenvalue weighted by molar-refractivity contribution is 0.275. The van der Waals surface area contributed by atoms with Gasteiger partial charge in [-0.1, -0.05) is 23.2 Å². The van der Waals surface area contributed by atoms with Crippen molar-refractivity contribution in [3.63, 3.8) is 0 Å². The van der Waals surface area contributed by atoms with E-state index in [1.165, 1.54) is 28.3 Å². The molecule has 14 heavy (non-hydrogen) atoms. The molecule has 0 rings (SSSR count). The van der Waals surface area contributed by atoms with Crippen LogP contribution in [0.3, 0.4) is 0 Å². The summed E-state index contributed by atoms with van der Waals surface area (Å²) in [7, 11) is 0.137. The lowest BCUT2D eigenvalue weighted by Crippen LogP contribution is -2.23. The Bertz CT molecular complexity index is 255. The number of ether oxygens (including phenoxy) is 1. The van der Waals surface area contributed by atoms with Gasteiger partial charge in [0.2, 0.25) is 5.90 Å². The first-order valence-corrected chi connectivity index (χ1v) is 5.78. The van der Waals surface area contributed by atoms with E-state index in [1.807, 2.05) is 0 Å². The van der Waals surface area contributed by atoms with Crippen molar-refractivity contribution in [1.82, 2.24) is 0 Å². The maximum Gasteiger partial charge on any atom is 0.456 e. The van der Waals surface area contributed by atoms with Crippen LogP contribution in [0.5, 0.6) is 0 Å². The van der Waals surface area contributed by atoms with Gasteiger partial charge in [-0.3, -0.25) is 9.05 Å². The summed E-state index contributed by atoms with van der Waals surface area (Å²) in [6.07, 6.45) is 0. The van der Waals surface area contributed by atoms with Crippen molar-refractivity contribution in [1.29, 1.82) is 0 Å². The number of rotatable bonds is 4. The molecule has 0 unspecified atom stereocenters. The molecular weight excluding hydrogens is 252 g/mol. The monoisotopic (exact) mass is 263 g/mol. The molecule has 0 radical (unpaired) electrons. The quantitative estimate of drug-likeness (QED) is 0.339. The summed E-state index contributed by atoms with van der Waals surface area (Å²) in [6, 6.07) is 0. The number of nitrogens with zero attached hydrogens (tertiary/aromatic N) is 1. The summed E-state index contributed by atoms with van der Waals surface area (Å²) < 4.78 is 27.6. The van der Waals surface area contributed by atoms with Crippen LogP contribution in [0.25, 0.3) is 0 Å². The van der Waals surface area contributed by atoms with Crippen LogP contribution in [0.1, 0.15) is 6.92 Å². The van der Waals surface area contributed by atoms with E-state index in [2.05, 4.69) is 13.8 Å². The number of methoxy groups -OCH3 is 1. The molecule has 5 nitrogen and oxygen atoms in total. The van der Waals surface area contributed by atoms with E-state index in [4.69, 9.17) is 27.9 Å². The van der Waals surface area contributed by atoms with Crippen LogP contribution in [0.4, 0.5) is 0 Å². The topological polar surface area (TPSA) is 57.1 Å². The molecule has 0 aromatic carbocycles. The Labute approximate surface area is 92.9 Å². The predicted octanol–water partition coefficient (Wildman–Crippen LogP) is 2.63. The van der Waals surface area contributed by atoms with Crippen LogP contribution in [-0.4, -0.2) is 31.6 Å². The molecule has 0 aliphatic carbocycles. The van der Waals surface area contributed by atoms with E-state index in [9.17, 15) is 4.57 Å². The Kier molecular flexibility index (Phi) is 5.41. The van der Waals surface area contributed by atoms with Crippen LogP contribution < -0.4 is 0 Å². The summed E-state index contributed by atoms with van der Waals surface area (Å²) in [6.45, 7) is 1.42. The Morgan fingerprint density at radius 2 is 1.71 bits per heavy atom. The fraction of sp³-hybridized carbons (Fsp3) is 0.833. The third-order valence-electron chi connectivity index (χ3n) is 1.24. The van der Waals surface area contributed by atoms with Crippen LogP contribution in [0.15, 0.2) is 4.76 Å². The molecule has 0 saturated carbocycles. The molecule has 0 saturated heterocycles. The SMILES string of the molecule is COC(=NP(=O)(OC)OC)C(C)(Cl)Cl. The van der Waals surface area contributed by atoms with Crippen molar-refractivity contribution < 1.29 is 18.3 Å². The van der Waals surface area contributed by atoms with E-state index >= 15 is 0 Å². The van der Waals surface area contributed by atoms with Crippen molar-refractivity contribution in [2.75, 3.05) is 21.3 Å². The molecule has 0 heterocycles. The first-order chi connectivity index (χ1) is 6.29. The van der Waals surface area contributed by atoms with E-state index in [1.54, 1.807) is 0 Å². The molecule has 0 fully saturated rings. The molecule has 84 valence electrons. The summed E-state index contributed by atoms with van der Waals surface area (Å²) >= 11 is 11.4. The molecule has 0 atom stereocenters. The normalized spacial score (nSPS) is 14.3. The van der Waals surface area contributed by atoms with Gasteiger partial charge >= 0.3 is 7.75 Å². The van der Waals surface area contributed by atoms with Gasteiger partial charge in [0.1, 0.15) is 0 Å². The fourth-order valence-electron chi connectivity index (χ4n) is 0.575. The van der Waals surface area contributed by atoms with Crippen LogP contribution in [0.2, 0.25) is 0 Å². The maximum absolute atomic E-state index is 11.5. The second-order valence-electron chi connectivity index (χ2n) is 2.33. The van der Waals surface area contributed by atoms with Gasteiger partial charge in [-0.15, -0.1) is 4.76 Å². The lowest BCUT2D eigenvalue weighted by Gasteiger charge is -2.17. The number of hydrogen-bond donors (Lipinski definition) is 0. The molecule has 0 N–H and O–H groups in total. The van der Waals surface area contributed by atoms with E-state index in [0.29, 0.717) is 0 Å². The van der Waals surface area contributed by atoms with E-state index in [0.717, 1.165) is 0 Å². The summed E-state index contributed by atoms with van der Waals surface area (Å²) in [5.41, 5.74) is 0. The summed E-state index contributed by atoms with van der Waals surface area (Å²) in [5.74, 6) is -0.132. The lowest BCUT2D eigenvalue weighted by atomic mass is 10.5. The zero-order valence-electron chi connectivity index (χ0n) is 8.28. The second kappa shape index (κ2) is 5.33. The van der Waals surface area contributed by atoms with E-state index < -0.39 is 12.1 Å². The van der Waals surface area contributed by atoms with Gasteiger partial charge in [-0.05, 0) is 6.92 Å². The van der Waals surface area contributed by atoms with Gasteiger partial charge in [0.25, 0.3) is 0 Å². The van der Waals surface area contributed by atoms with Crippen molar-refractivity contribution >= 4 is 36.8 Å². The Balaban J connectivity index is 5.02. The summed E-state index contributed by atoms with van der Waals surface area (Å²) in [4.78, 5) is 0. The van der Waals surface area contributed by atoms with Gasteiger partial charge in [-0.2, -0.15) is 0 Å². The van der Waals surface area contributed by atoms with Crippen molar-refractivity contribution in [2.24, 2.45) is 4.76 Å². The number of hydrogen-bond acceptors (Lipinski definition) is 4. The van der Waals surface area contributed by atoms with Crippen LogP contribution >= 0.6 is 30.9 Å². The molecule has 0 bridgehead atoms. The second-order valence-corrected chi connectivity index (χ2v) is 5.90. The molecule has 0 spiro atoms. The zero-order chi connectivity index (χ0) is 11.4. The average molecular weight is 264 g/mol. The maximum atomic E-state index is 11.5. The third-order valence-corrected chi connectivity index (χ3v) is 2.92. The Morgan fingerprint density at radius 1 is 1.29 bits per heavy atom. The summed E-state index contributed by atoms with van der Waals surface area (Å²) in [5, 5.41) is 0. The van der Waals surface area contributed by atoms with Gasteiger partial charge in [0.15, 0.2) is 4.33 Å². The minimum Gasteiger partial charge on any atom is -0.482 e. The molecular formula is C6H12Cl2NO4P. The highest BCUT2D eigenvalue weighted by Gasteiger charge is 2.31. The Morgan fingerprint density at radius 3 is 1.93 bits per heavy atom. The first-order valence-electron chi connectivity index (χ1n) is 3.53. The zero-order valence-corrected chi connectivity index (χ0v) is 10.7. The van der Waals surface area contributed by atoms with Gasteiger partial charge < -0.3 is 4.74 Å². The van der Waals surface area contributed by atoms with Crippen LogP contribution in [-0.2, 0) is 18.3 Å². The van der Waals surface area contributed by atoms with Crippen molar-refractivity contribution in [3.8, 4) is 0 Å². The molecule has 0 aliphatic rings. The fourth-order valence-corrected chi connectivity index (χ4v) is 1.75. The standard InChI is InChI=1S/C6H12Cl2NO4P/c1-6(7,8)5(11-2)9-14(10,12-3)13-4/h1-4H3. The first kappa shape index (κ1) is 14.2. The average Bonchev–Trinajstić information content (AvgIpc) is 2.12. The van der Waals surface area contributed by atoms with Gasteiger partial charge in [0.05, 0.1) is 7.11 Å². The van der Waals surface area contributed by atoms with Crippen molar-refractivity contribution in [2.45, 2.75) is 11.3 Å². The smallest absolute Gasteiger partial charge is 0.456 e. The predicted molar refractivity (Wildman–Crippen MR) is 56.2 cm³/mol. The van der Waals surface area contributed by atoms with Gasteiger partial charge in [0, 0.05) is 14.2 Å². The molecule has 0 aromatic rings. The largest absolute Gasteiger partial charge is 0.482 e. The highest BCUT2D eigenvalue weighted by atomic mass is 35.5. The highest BCUT2D eigenvalue weighted by molar-refractivity contribution is 7.52. The Hall–Kier alpha value is 0.200. The highest BCUT2D eigenvalue weighted by Crippen LogP contribution is 2.49. The molecule has 0 aliphatic heterocycles. The van der Waals surface area contributed by atoms with Crippen LogP contribution in [0, 0.1) is 0 Å². The number of halogens is 2. The molecule has 0 amide bonds. The van der Waals surface area contributed by atoms with Gasteiger partial charge in [-0.25, -0.2) is 4.57 Å². The minimum absolute atomic E-state index is 0.132. The number of alkyl halides is 2. The van der Waals surface area contributed by atoms with Crippen molar-refractivity contribution in [3.05, 3.63) is 0 Å². The van der Waals surface area contributed by atoms with E-state index in [-0.39, 0.29) is 5.90 Å². The molecule has 8 heteroatoms. The third kappa shape index (κ3) is 4.15.